The van der Waals surface area contributed by atoms with Crippen molar-refractivity contribution in [2.45, 2.75) is 38.6 Å². The molecule has 4 bridgehead atoms. The Balaban J connectivity index is 1.80. The van der Waals surface area contributed by atoms with Gasteiger partial charge in [-0.3, -0.25) is 4.79 Å². The van der Waals surface area contributed by atoms with E-state index in [1.165, 1.54) is 6.42 Å². The maximum atomic E-state index is 12.9. The van der Waals surface area contributed by atoms with E-state index < -0.39 is 5.54 Å². The molecule has 1 aromatic heterocycles. The Morgan fingerprint density at radius 2 is 2.29 bits per heavy atom. The average molecular weight is 396 g/mol. The first kappa shape index (κ1) is 13.6. The molecule has 1 aliphatic heterocycles. The van der Waals surface area contributed by atoms with E-state index >= 15 is 0 Å². The number of nitriles is 1. The fraction of sp³-hybridized carbons (Fsp3) is 0.625. The molecule has 0 radical (unpaired) electrons. The third-order valence-electron chi connectivity index (χ3n) is 6.77. The number of furan rings is 1. The van der Waals surface area contributed by atoms with Crippen LogP contribution in [-0.2, 0) is 0 Å². The monoisotopic (exact) mass is 396 g/mol. The van der Waals surface area contributed by atoms with E-state index in [2.05, 4.69) is 42.5 Å². The van der Waals surface area contributed by atoms with Gasteiger partial charge in [-0.2, -0.15) is 5.26 Å². The van der Waals surface area contributed by atoms with E-state index in [-0.39, 0.29) is 16.7 Å². The van der Waals surface area contributed by atoms with Gasteiger partial charge in [0, 0.05) is 12.0 Å². The molecule has 110 valence electrons. The zero-order chi connectivity index (χ0) is 15.0. The minimum absolute atomic E-state index is 0.0676. The average Bonchev–Trinajstić information content (AvgIpc) is 3.10. The largest absolute Gasteiger partial charge is 0.445 e. The van der Waals surface area contributed by atoms with Gasteiger partial charge < -0.3 is 9.32 Å². The lowest BCUT2D eigenvalue weighted by atomic mass is 9.66. The van der Waals surface area contributed by atoms with Crippen LogP contribution >= 0.6 is 22.6 Å². The topological polar surface area (TPSA) is 57.2 Å². The summed E-state index contributed by atoms with van der Waals surface area (Å²) in [7, 11) is 0. The number of halogens is 1. The highest BCUT2D eigenvalue weighted by atomic mass is 127. The second kappa shape index (κ2) is 3.83. The summed E-state index contributed by atoms with van der Waals surface area (Å²) >= 11 is 2.06. The molecule has 0 aromatic carbocycles. The molecule has 21 heavy (non-hydrogen) atoms. The van der Waals surface area contributed by atoms with Crippen molar-refractivity contribution < 1.29 is 9.21 Å². The van der Waals surface area contributed by atoms with Crippen molar-refractivity contribution in [2.75, 3.05) is 6.54 Å². The highest BCUT2D eigenvalue weighted by molar-refractivity contribution is 14.1. The van der Waals surface area contributed by atoms with Crippen LogP contribution in [0.1, 0.15) is 43.7 Å². The van der Waals surface area contributed by atoms with Crippen molar-refractivity contribution >= 4 is 28.5 Å². The smallest absolute Gasteiger partial charge is 0.290 e. The van der Waals surface area contributed by atoms with E-state index in [1.807, 2.05) is 0 Å². The molecule has 5 heteroatoms. The highest BCUT2D eigenvalue weighted by Gasteiger charge is 2.79. The van der Waals surface area contributed by atoms with Crippen LogP contribution in [0.4, 0.5) is 0 Å². The molecule has 2 saturated carbocycles. The summed E-state index contributed by atoms with van der Waals surface area (Å²) in [5.41, 5.74) is -0.674. The van der Waals surface area contributed by atoms with Crippen molar-refractivity contribution in [1.29, 1.82) is 5.26 Å². The summed E-state index contributed by atoms with van der Waals surface area (Å²) in [5, 5.41) is 9.94. The highest BCUT2D eigenvalue weighted by Crippen LogP contribution is 2.75. The fourth-order valence-electron chi connectivity index (χ4n) is 5.32. The predicted octanol–water partition coefficient (Wildman–Crippen LogP) is 3.43. The first-order valence-electron chi connectivity index (χ1n) is 7.36. The summed E-state index contributed by atoms with van der Waals surface area (Å²) in [4.78, 5) is 14.7. The Labute approximate surface area is 137 Å². The van der Waals surface area contributed by atoms with Crippen molar-refractivity contribution in [3.8, 4) is 6.07 Å². The van der Waals surface area contributed by atoms with Crippen molar-refractivity contribution in [3.05, 3.63) is 21.7 Å². The van der Waals surface area contributed by atoms with Crippen LogP contribution < -0.4 is 0 Å². The second-order valence-corrected chi connectivity index (χ2v) is 8.22. The Morgan fingerprint density at radius 1 is 1.52 bits per heavy atom. The van der Waals surface area contributed by atoms with E-state index in [0.717, 1.165) is 12.8 Å². The van der Waals surface area contributed by atoms with Crippen LogP contribution in [0, 0.1) is 31.8 Å². The molecule has 2 heterocycles. The van der Waals surface area contributed by atoms with E-state index in [0.29, 0.717) is 22.0 Å². The first-order chi connectivity index (χ1) is 9.88. The summed E-state index contributed by atoms with van der Waals surface area (Å²) in [6, 6.07) is 6.04. The molecule has 0 N–H and O–H groups in total. The second-order valence-electron chi connectivity index (χ2n) is 7.16. The Morgan fingerprint density at radius 3 is 2.86 bits per heavy atom. The number of nitrogens with zero attached hydrogens (tertiary/aromatic N) is 2. The number of likely N-dealkylation sites (tertiary alicyclic amines) is 1. The standard InChI is InChI=1S/C16H17IN2O2/c1-14-9-19(13(20)11-3-4-12(17)21-11)16(8-18)7-10(14)5-6-15(14,16)2/h3-4,10H,5-7,9H2,1-2H3. The molecule has 1 aromatic rings. The number of piperidine rings is 1. The van der Waals surface area contributed by atoms with Crippen LogP contribution in [0.3, 0.4) is 0 Å². The SMILES string of the molecule is CC12CN(C(=O)c3ccc(I)o3)C3(C#N)CC1CCC23C. The number of hydrogen-bond acceptors (Lipinski definition) is 3. The Kier molecular flexibility index (Phi) is 2.49. The zero-order valence-electron chi connectivity index (χ0n) is 12.1. The summed E-state index contributed by atoms with van der Waals surface area (Å²) < 4.78 is 6.19. The lowest BCUT2D eigenvalue weighted by Gasteiger charge is -2.42. The molecule has 1 saturated heterocycles. The Bertz CT molecular complexity index is 693. The molecular formula is C16H17IN2O2. The number of carbonyl (C=O) groups excluding carboxylic acids is 1. The van der Waals surface area contributed by atoms with Gasteiger partial charge in [0.15, 0.2) is 9.53 Å². The van der Waals surface area contributed by atoms with Crippen LogP contribution in [0.2, 0.25) is 0 Å². The van der Waals surface area contributed by atoms with E-state index in [1.54, 1.807) is 17.0 Å². The first-order valence-corrected chi connectivity index (χ1v) is 8.44. The molecule has 0 spiro atoms. The number of hydrogen-bond donors (Lipinski definition) is 0. The molecule has 4 rings (SSSR count). The minimum atomic E-state index is -0.653. The lowest BCUT2D eigenvalue weighted by molar-refractivity contribution is 0.0399. The van der Waals surface area contributed by atoms with Gasteiger partial charge in [0.25, 0.3) is 5.91 Å². The molecule has 4 nitrogen and oxygen atoms in total. The van der Waals surface area contributed by atoms with E-state index in [4.69, 9.17) is 4.42 Å². The minimum Gasteiger partial charge on any atom is -0.445 e. The van der Waals surface area contributed by atoms with Crippen LogP contribution in [0.25, 0.3) is 0 Å². The van der Waals surface area contributed by atoms with Crippen LogP contribution in [-0.4, -0.2) is 22.9 Å². The number of carbonyl (C=O) groups is 1. The molecule has 4 unspecified atom stereocenters. The number of amides is 1. The van der Waals surface area contributed by atoms with Crippen molar-refractivity contribution in [3.63, 3.8) is 0 Å². The Hall–Kier alpha value is -1.03. The lowest BCUT2D eigenvalue weighted by Crippen LogP contribution is -2.54. The van der Waals surface area contributed by atoms with Gasteiger partial charge in [-0.05, 0) is 65.3 Å². The maximum absolute atomic E-state index is 12.9. The predicted molar refractivity (Wildman–Crippen MR) is 84.4 cm³/mol. The molecule has 4 atom stereocenters. The third kappa shape index (κ3) is 1.29. The molecule has 3 fully saturated rings. The fourth-order valence-corrected chi connectivity index (χ4v) is 5.73. The van der Waals surface area contributed by atoms with Gasteiger partial charge in [0.05, 0.1) is 6.07 Å². The summed E-state index contributed by atoms with van der Waals surface area (Å²) in [6.07, 6.45) is 3.05. The van der Waals surface area contributed by atoms with Crippen molar-refractivity contribution in [2.24, 2.45) is 16.7 Å². The summed E-state index contributed by atoms with van der Waals surface area (Å²) in [5.74, 6) is 0.794. The van der Waals surface area contributed by atoms with Gasteiger partial charge in [-0.15, -0.1) is 0 Å². The van der Waals surface area contributed by atoms with Gasteiger partial charge in [0.2, 0.25) is 0 Å². The normalized spacial score (nSPS) is 43.3. The summed E-state index contributed by atoms with van der Waals surface area (Å²) in [6.45, 7) is 5.16. The zero-order valence-corrected chi connectivity index (χ0v) is 14.3. The van der Waals surface area contributed by atoms with Gasteiger partial charge in [-0.25, -0.2) is 0 Å². The molecule has 1 amide bonds. The van der Waals surface area contributed by atoms with Gasteiger partial charge in [0.1, 0.15) is 5.54 Å². The van der Waals surface area contributed by atoms with Gasteiger partial charge >= 0.3 is 0 Å². The van der Waals surface area contributed by atoms with Crippen LogP contribution in [0.5, 0.6) is 0 Å². The third-order valence-corrected chi connectivity index (χ3v) is 7.35. The quantitative estimate of drug-likeness (QED) is 0.684. The van der Waals surface area contributed by atoms with Crippen molar-refractivity contribution in [1.82, 2.24) is 4.90 Å². The molecular weight excluding hydrogens is 379 g/mol. The van der Waals surface area contributed by atoms with E-state index in [9.17, 15) is 10.1 Å². The van der Waals surface area contributed by atoms with Gasteiger partial charge in [-0.1, -0.05) is 13.8 Å². The molecule has 3 aliphatic rings. The maximum Gasteiger partial charge on any atom is 0.290 e. The molecule has 2 aliphatic carbocycles. The number of rotatable bonds is 1. The van der Waals surface area contributed by atoms with Crippen LogP contribution in [0.15, 0.2) is 16.5 Å².